The quantitative estimate of drug-likeness (QED) is 0.586. The molecule has 1 aromatic carbocycles. The van der Waals surface area contributed by atoms with Crippen molar-refractivity contribution in [3.8, 4) is 0 Å². The lowest BCUT2D eigenvalue weighted by Gasteiger charge is -2.39. The van der Waals surface area contributed by atoms with Gasteiger partial charge in [-0.3, -0.25) is 4.84 Å². The van der Waals surface area contributed by atoms with E-state index in [2.05, 4.69) is 5.16 Å². The zero-order chi connectivity index (χ0) is 25.1. The van der Waals surface area contributed by atoms with Crippen LogP contribution in [-0.2, 0) is 22.6 Å². The molecular weight excluding hydrogens is 460 g/mol. The molecule has 4 heterocycles. The van der Waals surface area contributed by atoms with Gasteiger partial charge < -0.3 is 19.1 Å². The zero-order valence-corrected chi connectivity index (χ0v) is 21.2. The maximum atomic E-state index is 13.4. The van der Waals surface area contributed by atoms with E-state index >= 15 is 0 Å². The molecule has 6 rings (SSSR count). The molecule has 0 unspecified atom stereocenters. The zero-order valence-electron chi connectivity index (χ0n) is 21.2. The van der Waals surface area contributed by atoms with E-state index in [1.807, 2.05) is 62.1 Å². The van der Waals surface area contributed by atoms with Gasteiger partial charge in [0.15, 0.2) is 0 Å². The molecule has 0 radical (unpaired) electrons. The number of ether oxygens (including phenoxy) is 1. The Bertz CT molecular complexity index is 1130. The van der Waals surface area contributed by atoms with E-state index in [-0.39, 0.29) is 29.6 Å². The summed E-state index contributed by atoms with van der Waals surface area (Å²) in [5.41, 5.74) is 1.47. The van der Waals surface area contributed by atoms with Crippen molar-refractivity contribution in [3.63, 3.8) is 0 Å². The maximum Gasteiger partial charge on any atom is 0.410 e. The Balaban J connectivity index is 1.08. The molecule has 2 bridgehead atoms. The van der Waals surface area contributed by atoms with Crippen LogP contribution in [0.1, 0.15) is 63.1 Å². The van der Waals surface area contributed by atoms with E-state index in [0.29, 0.717) is 38.6 Å². The highest BCUT2D eigenvalue weighted by Gasteiger charge is 2.63. The van der Waals surface area contributed by atoms with Gasteiger partial charge in [0.25, 0.3) is 0 Å². The summed E-state index contributed by atoms with van der Waals surface area (Å²) in [7, 11) is 0. The molecule has 4 fully saturated rings. The van der Waals surface area contributed by atoms with Crippen molar-refractivity contribution in [2.24, 2.45) is 11.3 Å². The summed E-state index contributed by atoms with van der Waals surface area (Å²) in [5, 5.41) is 6.01. The second-order valence-corrected chi connectivity index (χ2v) is 11.8. The predicted molar refractivity (Wildman–Crippen MR) is 129 cm³/mol. The summed E-state index contributed by atoms with van der Waals surface area (Å²) in [4.78, 5) is 35.2. The first-order valence-corrected chi connectivity index (χ1v) is 12.9. The number of hydroxylamine groups is 2. The van der Waals surface area contributed by atoms with Gasteiger partial charge >= 0.3 is 12.1 Å². The molecule has 1 aromatic heterocycles. The van der Waals surface area contributed by atoms with Crippen LogP contribution >= 0.6 is 0 Å². The number of piperidine rings is 1. The topological polar surface area (TPSA) is 88.4 Å². The fourth-order valence-electron chi connectivity index (χ4n) is 5.80. The van der Waals surface area contributed by atoms with Gasteiger partial charge in [0.2, 0.25) is 0 Å². The summed E-state index contributed by atoms with van der Waals surface area (Å²) in [6, 6.07) is 11.9. The van der Waals surface area contributed by atoms with E-state index in [1.54, 1.807) is 9.96 Å². The summed E-state index contributed by atoms with van der Waals surface area (Å²) in [6.07, 6.45) is 3.54. The largest absolute Gasteiger partial charge is 0.444 e. The van der Waals surface area contributed by atoms with Crippen molar-refractivity contribution < 1.29 is 23.7 Å². The number of hydrogen-bond donors (Lipinski definition) is 0. The van der Waals surface area contributed by atoms with Crippen LogP contribution in [0.15, 0.2) is 40.9 Å². The summed E-state index contributed by atoms with van der Waals surface area (Å²) < 4.78 is 11.1. The van der Waals surface area contributed by atoms with E-state index in [9.17, 15) is 9.59 Å². The molecule has 0 N–H and O–H groups in total. The Hall–Kier alpha value is -3.07. The van der Waals surface area contributed by atoms with Crippen LogP contribution in [0, 0.1) is 11.3 Å². The Morgan fingerprint density at radius 2 is 1.92 bits per heavy atom. The number of likely N-dealkylation sites (tertiary alicyclic amines) is 1. The molecule has 4 aliphatic rings. The SMILES string of the molecule is CC(C)(C)OC(=O)N1CC(Cc2cc([C@@H]3CC4(CC4)[C@H]4CN3C(=O)N4OCc3ccccc3)no2)C1. The molecule has 3 saturated heterocycles. The second kappa shape index (κ2) is 8.50. The lowest BCUT2D eigenvalue weighted by molar-refractivity contribution is -0.153. The average molecular weight is 495 g/mol. The van der Waals surface area contributed by atoms with Gasteiger partial charge in [0, 0.05) is 38.0 Å². The number of nitrogens with zero attached hydrogens (tertiary/aromatic N) is 4. The van der Waals surface area contributed by atoms with E-state index < -0.39 is 5.60 Å². The number of carbonyl (C=O) groups is 2. The number of benzene rings is 1. The van der Waals surface area contributed by atoms with Crippen molar-refractivity contribution in [3.05, 3.63) is 53.4 Å². The van der Waals surface area contributed by atoms with Crippen LogP contribution in [0.5, 0.6) is 0 Å². The monoisotopic (exact) mass is 494 g/mol. The fraction of sp³-hybridized carbons (Fsp3) is 0.593. The van der Waals surface area contributed by atoms with Crippen LogP contribution in [0.2, 0.25) is 0 Å². The number of amides is 3. The first-order chi connectivity index (χ1) is 17.2. The van der Waals surface area contributed by atoms with Gasteiger partial charge in [-0.1, -0.05) is 35.5 Å². The Morgan fingerprint density at radius 1 is 1.17 bits per heavy atom. The van der Waals surface area contributed by atoms with Crippen molar-refractivity contribution in [2.75, 3.05) is 19.6 Å². The van der Waals surface area contributed by atoms with E-state index in [0.717, 1.165) is 36.3 Å². The number of hydrogen-bond acceptors (Lipinski definition) is 6. The lowest BCUT2D eigenvalue weighted by Crippen LogP contribution is -2.52. The second-order valence-electron chi connectivity index (χ2n) is 11.8. The molecule has 192 valence electrons. The van der Waals surface area contributed by atoms with Gasteiger partial charge in [-0.25, -0.2) is 9.59 Å². The molecule has 1 spiro atoms. The highest BCUT2D eigenvalue weighted by atomic mass is 16.7. The fourth-order valence-corrected chi connectivity index (χ4v) is 5.80. The van der Waals surface area contributed by atoms with Crippen molar-refractivity contribution in [1.82, 2.24) is 20.0 Å². The van der Waals surface area contributed by atoms with Crippen LogP contribution in [0.3, 0.4) is 0 Å². The van der Waals surface area contributed by atoms with Crippen LogP contribution < -0.4 is 0 Å². The third-order valence-corrected chi connectivity index (χ3v) is 7.89. The van der Waals surface area contributed by atoms with Gasteiger partial charge in [-0.05, 0) is 51.0 Å². The Kier molecular flexibility index (Phi) is 5.51. The van der Waals surface area contributed by atoms with Gasteiger partial charge in [0.05, 0.1) is 12.1 Å². The molecule has 9 nitrogen and oxygen atoms in total. The molecule has 2 atom stereocenters. The summed E-state index contributed by atoms with van der Waals surface area (Å²) in [5.74, 6) is 1.12. The van der Waals surface area contributed by atoms with Crippen molar-refractivity contribution in [2.45, 2.75) is 70.7 Å². The Morgan fingerprint density at radius 3 is 2.61 bits per heavy atom. The molecular formula is C27H34N4O5. The van der Waals surface area contributed by atoms with Crippen LogP contribution in [-0.4, -0.2) is 63.4 Å². The number of urea groups is 1. The maximum absolute atomic E-state index is 13.4. The first-order valence-electron chi connectivity index (χ1n) is 12.9. The number of rotatable bonds is 6. The smallest absolute Gasteiger partial charge is 0.410 e. The number of fused-ring (bicyclic) bond motifs is 3. The minimum Gasteiger partial charge on any atom is -0.444 e. The highest BCUT2D eigenvalue weighted by molar-refractivity contribution is 5.77. The van der Waals surface area contributed by atoms with Crippen LogP contribution in [0.25, 0.3) is 0 Å². The normalized spacial score (nSPS) is 24.9. The minimum atomic E-state index is -0.491. The molecule has 36 heavy (non-hydrogen) atoms. The van der Waals surface area contributed by atoms with E-state index in [1.165, 1.54) is 0 Å². The minimum absolute atomic E-state index is 0.0822. The standard InChI is InChI=1S/C27H34N4O5/c1-26(2,3)35-25(33)29-14-19(15-29)11-20-12-21(28-36-20)22-13-27(9-10-27)23-16-30(22)24(32)31(23)34-17-18-7-5-4-6-8-18/h4-8,12,19,22-23H,9-11,13-17H2,1-3H3/t22-,23+/m0/s1. The first kappa shape index (κ1) is 23.3. The highest BCUT2D eigenvalue weighted by Crippen LogP contribution is 2.61. The molecule has 3 amide bonds. The van der Waals surface area contributed by atoms with E-state index in [4.69, 9.17) is 14.1 Å². The van der Waals surface area contributed by atoms with Crippen molar-refractivity contribution in [1.29, 1.82) is 0 Å². The third-order valence-electron chi connectivity index (χ3n) is 7.89. The summed E-state index contributed by atoms with van der Waals surface area (Å²) in [6.45, 7) is 7.96. The van der Waals surface area contributed by atoms with Gasteiger partial charge in [-0.2, -0.15) is 5.06 Å². The third kappa shape index (κ3) is 4.34. The van der Waals surface area contributed by atoms with Gasteiger partial charge in [-0.15, -0.1) is 0 Å². The number of aromatic nitrogens is 1. The Labute approximate surface area is 211 Å². The molecule has 1 aliphatic carbocycles. The lowest BCUT2D eigenvalue weighted by atomic mass is 9.84. The number of carbonyl (C=O) groups excluding carboxylic acids is 2. The summed E-state index contributed by atoms with van der Waals surface area (Å²) >= 11 is 0. The molecule has 9 heteroatoms. The predicted octanol–water partition coefficient (Wildman–Crippen LogP) is 4.55. The van der Waals surface area contributed by atoms with Crippen molar-refractivity contribution >= 4 is 12.1 Å². The molecule has 1 saturated carbocycles. The molecule has 3 aliphatic heterocycles. The molecule has 2 aromatic rings. The van der Waals surface area contributed by atoms with Gasteiger partial charge in [0.1, 0.15) is 23.7 Å². The van der Waals surface area contributed by atoms with Crippen LogP contribution in [0.4, 0.5) is 9.59 Å². The average Bonchev–Trinajstić information content (AvgIpc) is 3.30.